The first-order valence-corrected chi connectivity index (χ1v) is 5.56. The SMILES string of the molecule is CCOCC(C)NC(=O)c1cccc(C#N)c1. The Kier molecular flexibility index (Phi) is 5.18. The van der Waals surface area contributed by atoms with Gasteiger partial charge in [-0.25, -0.2) is 0 Å². The van der Waals surface area contributed by atoms with Crippen LogP contribution in [0.3, 0.4) is 0 Å². The van der Waals surface area contributed by atoms with Crippen LogP contribution in [-0.2, 0) is 4.74 Å². The maximum absolute atomic E-state index is 11.8. The maximum atomic E-state index is 11.8. The number of rotatable bonds is 5. The number of carbonyl (C=O) groups excluding carboxylic acids is 1. The van der Waals surface area contributed by atoms with Gasteiger partial charge in [0.1, 0.15) is 0 Å². The summed E-state index contributed by atoms with van der Waals surface area (Å²) in [5.74, 6) is -0.186. The fraction of sp³-hybridized carbons (Fsp3) is 0.385. The molecule has 0 fully saturated rings. The highest BCUT2D eigenvalue weighted by Gasteiger charge is 2.09. The first kappa shape index (κ1) is 13.2. The van der Waals surface area contributed by atoms with Crippen molar-refractivity contribution >= 4 is 5.91 Å². The molecule has 0 aromatic heterocycles. The largest absolute Gasteiger partial charge is 0.380 e. The van der Waals surface area contributed by atoms with Gasteiger partial charge in [-0.05, 0) is 32.0 Å². The molecule has 1 atom stereocenters. The van der Waals surface area contributed by atoms with Crippen LogP contribution in [0.4, 0.5) is 0 Å². The van der Waals surface area contributed by atoms with Gasteiger partial charge in [0.15, 0.2) is 0 Å². The molecule has 0 heterocycles. The topological polar surface area (TPSA) is 62.1 Å². The zero-order valence-electron chi connectivity index (χ0n) is 10.1. The van der Waals surface area contributed by atoms with E-state index in [1.165, 1.54) is 0 Å². The monoisotopic (exact) mass is 232 g/mol. The normalized spacial score (nSPS) is 11.6. The molecule has 0 saturated carbocycles. The minimum atomic E-state index is -0.186. The quantitative estimate of drug-likeness (QED) is 0.840. The van der Waals surface area contributed by atoms with Gasteiger partial charge in [0.2, 0.25) is 0 Å². The highest BCUT2D eigenvalue weighted by Crippen LogP contribution is 2.04. The van der Waals surface area contributed by atoms with E-state index >= 15 is 0 Å². The fourth-order valence-electron chi connectivity index (χ4n) is 1.37. The second-order valence-electron chi connectivity index (χ2n) is 3.73. The van der Waals surface area contributed by atoms with Crippen LogP contribution in [0, 0.1) is 11.3 Å². The van der Waals surface area contributed by atoms with Crippen LogP contribution in [0.2, 0.25) is 0 Å². The van der Waals surface area contributed by atoms with Gasteiger partial charge in [-0.3, -0.25) is 4.79 Å². The highest BCUT2D eigenvalue weighted by atomic mass is 16.5. The summed E-state index contributed by atoms with van der Waals surface area (Å²) in [6.07, 6.45) is 0. The molecule has 17 heavy (non-hydrogen) atoms. The number of amides is 1. The van der Waals surface area contributed by atoms with Crippen molar-refractivity contribution in [2.75, 3.05) is 13.2 Å². The predicted molar refractivity (Wildman–Crippen MR) is 64.6 cm³/mol. The summed E-state index contributed by atoms with van der Waals surface area (Å²) in [5, 5.41) is 11.5. The van der Waals surface area contributed by atoms with Crippen LogP contribution in [0.5, 0.6) is 0 Å². The first-order valence-electron chi connectivity index (χ1n) is 5.56. The molecule has 4 nitrogen and oxygen atoms in total. The molecule has 1 unspecified atom stereocenters. The Morgan fingerprint density at radius 3 is 3.00 bits per heavy atom. The Hall–Kier alpha value is -1.86. The number of hydrogen-bond donors (Lipinski definition) is 1. The molecule has 0 aliphatic heterocycles. The van der Waals surface area contributed by atoms with Crippen molar-refractivity contribution in [2.45, 2.75) is 19.9 Å². The van der Waals surface area contributed by atoms with Gasteiger partial charge in [0.25, 0.3) is 5.91 Å². The molecule has 1 N–H and O–H groups in total. The Morgan fingerprint density at radius 2 is 2.35 bits per heavy atom. The van der Waals surface area contributed by atoms with Gasteiger partial charge >= 0.3 is 0 Å². The Bertz CT molecular complexity index is 424. The fourth-order valence-corrected chi connectivity index (χ4v) is 1.37. The van der Waals surface area contributed by atoms with Crippen molar-refractivity contribution < 1.29 is 9.53 Å². The molecule has 0 bridgehead atoms. The zero-order chi connectivity index (χ0) is 12.7. The third-order valence-electron chi connectivity index (χ3n) is 2.20. The lowest BCUT2D eigenvalue weighted by atomic mass is 10.1. The van der Waals surface area contributed by atoms with Crippen LogP contribution in [-0.4, -0.2) is 25.2 Å². The van der Waals surface area contributed by atoms with Crippen molar-refractivity contribution in [3.63, 3.8) is 0 Å². The van der Waals surface area contributed by atoms with Crippen LogP contribution in [0.25, 0.3) is 0 Å². The Balaban J connectivity index is 2.60. The number of benzene rings is 1. The molecule has 0 spiro atoms. The summed E-state index contributed by atoms with van der Waals surface area (Å²) in [6.45, 7) is 4.90. The number of carbonyl (C=O) groups is 1. The lowest BCUT2D eigenvalue weighted by molar-refractivity contribution is 0.0872. The van der Waals surface area contributed by atoms with Gasteiger partial charge in [0, 0.05) is 18.2 Å². The summed E-state index contributed by atoms with van der Waals surface area (Å²) in [6, 6.07) is 8.58. The predicted octanol–water partition coefficient (Wildman–Crippen LogP) is 1.71. The second kappa shape index (κ2) is 6.66. The number of nitriles is 1. The van der Waals surface area contributed by atoms with Crippen molar-refractivity contribution in [3.8, 4) is 6.07 Å². The van der Waals surface area contributed by atoms with Crippen molar-refractivity contribution in [3.05, 3.63) is 35.4 Å². The Labute approximate surface area is 101 Å². The number of ether oxygens (including phenoxy) is 1. The minimum absolute atomic E-state index is 0.0480. The molecule has 90 valence electrons. The zero-order valence-corrected chi connectivity index (χ0v) is 10.1. The molecule has 0 aliphatic carbocycles. The number of hydrogen-bond acceptors (Lipinski definition) is 3. The third kappa shape index (κ3) is 4.25. The highest BCUT2D eigenvalue weighted by molar-refractivity contribution is 5.94. The van der Waals surface area contributed by atoms with Crippen molar-refractivity contribution in [2.24, 2.45) is 0 Å². The minimum Gasteiger partial charge on any atom is -0.380 e. The molecule has 1 aromatic carbocycles. The summed E-state index contributed by atoms with van der Waals surface area (Å²) < 4.78 is 5.21. The van der Waals surface area contributed by atoms with E-state index in [4.69, 9.17) is 10.00 Å². The van der Waals surface area contributed by atoms with Gasteiger partial charge in [-0.1, -0.05) is 6.07 Å². The van der Waals surface area contributed by atoms with Gasteiger partial charge in [-0.15, -0.1) is 0 Å². The van der Waals surface area contributed by atoms with E-state index in [1.807, 2.05) is 19.9 Å². The van der Waals surface area contributed by atoms with E-state index in [2.05, 4.69) is 5.32 Å². The maximum Gasteiger partial charge on any atom is 0.251 e. The van der Waals surface area contributed by atoms with E-state index in [9.17, 15) is 4.79 Å². The van der Waals surface area contributed by atoms with E-state index in [0.29, 0.717) is 24.3 Å². The van der Waals surface area contributed by atoms with Crippen LogP contribution >= 0.6 is 0 Å². The molecule has 1 amide bonds. The first-order chi connectivity index (χ1) is 8.17. The van der Waals surface area contributed by atoms with E-state index in [1.54, 1.807) is 24.3 Å². The molecule has 1 aromatic rings. The second-order valence-corrected chi connectivity index (χ2v) is 3.73. The molecule has 0 radical (unpaired) electrons. The molecular weight excluding hydrogens is 216 g/mol. The molecular formula is C13H16N2O2. The summed E-state index contributed by atoms with van der Waals surface area (Å²) in [7, 11) is 0. The average molecular weight is 232 g/mol. The van der Waals surface area contributed by atoms with Crippen LogP contribution in [0.1, 0.15) is 29.8 Å². The molecule has 1 rings (SSSR count). The van der Waals surface area contributed by atoms with E-state index in [-0.39, 0.29) is 11.9 Å². The third-order valence-corrected chi connectivity index (χ3v) is 2.20. The Morgan fingerprint density at radius 1 is 1.59 bits per heavy atom. The summed E-state index contributed by atoms with van der Waals surface area (Å²) >= 11 is 0. The van der Waals surface area contributed by atoms with E-state index in [0.717, 1.165) is 0 Å². The summed E-state index contributed by atoms with van der Waals surface area (Å²) in [5.41, 5.74) is 0.975. The smallest absolute Gasteiger partial charge is 0.251 e. The number of nitrogens with zero attached hydrogens (tertiary/aromatic N) is 1. The van der Waals surface area contributed by atoms with Crippen molar-refractivity contribution in [1.82, 2.24) is 5.32 Å². The summed E-state index contributed by atoms with van der Waals surface area (Å²) in [4.78, 5) is 11.8. The van der Waals surface area contributed by atoms with Gasteiger partial charge < -0.3 is 10.1 Å². The van der Waals surface area contributed by atoms with Gasteiger partial charge in [-0.2, -0.15) is 5.26 Å². The average Bonchev–Trinajstić information content (AvgIpc) is 2.36. The van der Waals surface area contributed by atoms with Crippen LogP contribution in [0.15, 0.2) is 24.3 Å². The lowest BCUT2D eigenvalue weighted by Gasteiger charge is -2.13. The van der Waals surface area contributed by atoms with Crippen molar-refractivity contribution in [1.29, 1.82) is 5.26 Å². The lowest BCUT2D eigenvalue weighted by Crippen LogP contribution is -2.35. The molecule has 4 heteroatoms. The van der Waals surface area contributed by atoms with Crippen LogP contribution < -0.4 is 5.32 Å². The van der Waals surface area contributed by atoms with E-state index < -0.39 is 0 Å². The standard InChI is InChI=1S/C13H16N2O2/c1-3-17-9-10(2)15-13(16)12-6-4-5-11(7-12)8-14/h4-7,10H,3,9H2,1-2H3,(H,15,16). The molecule has 0 saturated heterocycles. The van der Waals surface area contributed by atoms with Gasteiger partial charge in [0.05, 0.1) is 18.2 Å². The number of nitrogens with one attached hydrogen (secondary N) is 1. The molecule has 0 aliphatic rings.